The second-order valence-corrected chi connectivity index (χ2v) is 6.74. The van der Waals surface area contributed by atoms with Gasteiger partial charge in [-0.1, -0.05) is 12.1 Å². The Bertz CT molecular complexity index is 751. The molecule has 0 unspecified atom stereocenters. The number of sulfone groups is 1. The highest BCUT2D eigenvalue weighted by molar-refractivity contribution is 7.90. The molecule has 23 heavy (non-hydrogen) atoms. The van der Waals surface area contributed by atoms with Crippen LogP contribution in [0.3, 0.4) is 0 Å². The van der Waals surface area contributed by atoms with Gasteiger partial charge in [-0.2, -0.15) is 0 Å². The van der Waals surface area contributed by atoms with Crippen LogP contribution >= 0.6 is 0 Å². The molecule has 0 bridgehead atoms. The van der Waals surface area contributed by atoms with E-state index < -0.39 is 16.2 Å². The first-order valence-electron chi connectivity index (χ1n) is 6.41. The molecule has 0 spiro atoms. The van der Waals surface area contributed by atoms with Crippen molar-refractivity contribution in [3.8, 4) is 11.5 Å². The Morgan fingerprint density at radius 3 is 1.91 bits per heavy atom. The predicted molar refractivity (Wildman–Crippen MR) is 77.0 cm³/mol. The third-order valence-electron chi connectivity index (χ3n) is 2.81. The lowest BCUT2D eigenvalue weighted by Gasteiger charge is -2.10. The number of hydrogen-bond donors (Lipinski definition) is 0. The lowest BCUT2D eigenvalue weighted by atomic mass is 10.2. The molecule has 0 saturated heterocycles. The van der Waals surface area contributed by atoms with Crippen LogP contribution in [0.15, 0.2) is 53.4 Å². The van der Waals surface area contributed by atoms with Crippen LogP contribution in [0.1, 0.15) is 5.56 Å². The van der Waals surface area contributed by atoms with Crippen molar-refractivity contribution in [1.82, 2.24) is 0 Å². The highest BCUT2D eigenvalue weighted by Gasteiger charge is 2.30. The first kappa shape index (κ1) is 17.1. The summed E-state index contributed by atoms with van der Waals surface area (Å²) in [6.45, 7) is 0.129. The largest absolute Gasteiger partial charge is 0.573 e. The van der Waals surface area contributed by atoms with Gasteiger partial charge in [-0.25, -0.2) is 8.42 Å². The van der Waals surface area contributed by atoms with Crippen molar-refractivity contribution in [2.45, 2.75) is 17.9 Å². The minimum atomic E-state index is -4.72. The summed E-state index contributed by atoms with van der Waals surface area (Å²) < 4.78 is 68.0. The zero-order valence-electron chi connectivity index (χ0n) is 12.0. The average molecular weight is 346 g/mol. The fourth-order valence-corrected chi connectivity index (χ4v) is 2.37. The topological polar surface area (TPSA) is 52.6 Å². The Kier molecular flexibility index (Phi) is 4.84. The summed E-state index contributed by atoms with van der Waals surface area (Å²) in [7, 11) is -3.27. The fourth-order valence-electron chi connectivity index (χ4n) is 1.74. The van der Waals surface area contributed by atoms with Crippen LogP contribution < -0.4 is 9.47 Å². The summed E-state index contributed by atoms with van der Waals surface area (Å²) in [6.07, 6.45) is -3.62. The predicted octanol–water partition coefficient (Wildman–Crippen LogP) is 3.57. The van der Waals surface area contributed by atoms with Gasteiger partial charge in [0.15, 0.2) is 9.84 Å². The van der Waals surface area contributed by atoms with E-state index in [-0.39, 0.29) is 17.3 Å². The summed E-state index contributed by atoms with van der Waals surface area (Å²) in [6, 6.07) is 11.2. The summed E-state index contributed by atoms with van der Waals surface area (Å²) in [5, 5.41) is 0. The second kappa shape index (κ2) is 6.49. The van der Waals surface area contributed by atoms with Crippen molar-refractivity contribution in [2.24, 2.45) is 0 Å². The molecule has 0 heterocycles. The van der Waals surface area contributed by atoms with E-state index >= 15 is 0 Å². The minimum Gasteiger partial charge on any atom is -0.489 e. The van der Waals surface area contributed by atoms with E-state index in [9.17, 15) is 21.6 Å². The average Bonchev–Trinajstić information content (AvgIpc) is 2.44. The van der Waals surface area contributed by atoms with Crippen LogP contribution in [-0.2, 0) is 16.4 Å². The van der Waals surface area contributed by atoms with Gasteiger partial charge in [-0.15, -0.1) is 13.2 Å². The maximum atomic E-state index is 12.0. The first-order valence-corrected chi connectivity index (χ1v) is 8.30. The smallest absolute Gasteiger partial charge is 0.489 e. The van der Waals surface area contributed by atoms with E-state index in [1.165, 1.54) is 48.5 Å². The summed E-state index contributed by atoms with van der Waals surface area (Å²) >= 11 is 0. The molecule has 0 N–H and O–H groups in total. The second-order valence-electron chi connectivity index (χ2n) is 4.72. The molecular formula is C15H13F3O4S. The molecule has 0 saturated carbocycles. The zero-order chi connectivity index (χ0) is 17.1. The lowest BCUT2D eigenvalue weighted by molar-refractivity contribution is -0.274. The molecule has 0 aliphatic rings. The highest BCUT2D eigenvalue weighted by Crippen LogP contribution is 2.23. The third-order valence-corrected chi connectivity index (χ3v) is 3.94. The number of halogens is 3. The van der Waals surface area contributed by atoms with Gasteiger partial charge >= 0.3 is 6.36 Å². The molecule has 2 aromatic rings. The third kappa shape index (κ3) is 5.48. The molecule has 0 amide bonds. The Balaban J connectivity index is 1.96. The first-order chi connectivity index (χ1) is 10.6. The van der Waals surface area contributed by atoms with Crippen LogP contribution in [0.2, 0.25) is 0 Å². The maximum Gasteiger partial charge on any atom is 0.573 e. The van der Waals surface area contributed by atoms with Crippen LogP contribution in [-0.4, -0.2) is 21.0 Å². The SMILES string of the molecule is CS(=O)(=O)c1ccc(OCc2ccc(OC(F)(F)F)cc2)cc1. The van der Waals surface area contributed by atoms with Crippen molar-refractivity contribution in [2.75, 3.05) is 6.26 Å². The van der Waals surface area contributed by atoms with Crippen LogP contribution in [0.4, 0.5) is 13.2 Å². The van der Waals surface area contributed by atoms with Crippen molar-refractivity contribution in [3.63, 3.8) is 0 Å². The highest BCUT2D eigenvalue weighted by atomic mass is 32.2. The molecule has 0 atom stereocenters. The standard InChI is InChI=1S/C15H13F3O4S/c1-23(19,20)14-8-6-12(7-9-14)21-10-11-2-4-13(5-3-11)22-15(16,17)18/h2-9H,10H2,1H3. The Labute approximate surface area is 131 Å². The van der Waals surface area contributed by atoms with E-state index in [0.29, 0.717) is 11.3 Å². The number of hydrogen-bond acceptors (Lipinski definition) is 4. The Morgan fingerprint density at radius 1 is 0.913 bits per heavy atom. The van der Waals surface area contributed by atoms with Gasteiger partial charge in [0.05, 0.1) is 4.90 Å². The van der Waals surface area contributed by atoms with E-state index in [1.54, 1.807) is 0 Å². The van der Waals surface area contributed by atoms with E-state index in [1.807, 2.05) is 0 Å². The van der Waals surface area contributed by atoms with Gasteiger partial charge < -0.3 is 9.47 Å². The van der Waals surface area contributed by atoms with Crippen LogP contribution in [0.5, 0.6) is 11.5 Å². The van der Waals surface area contributed by atoms with E-state index in [4.69, 9.17) is 4.74 Å². The molecule has 124 valence electrons. The van der Waals surface area contributed by atoms with E-state index in [2.05, 4.69) is 4.74 Å². The monoisotopic (exact) mass is 346 g/mol. The molecule has 0 aromatic heterocycles. The van der Waals surface area contributed by atoms with Crippen LogP contribution in [0, 0.1) is 0 Å². The molecule has 0 fully saturated rings. The van der Waals surface area contributed by atoms with Crippen molar-refractivity contribution < 1.29 is 31.1 Å². The molecular weight excluding hydrogens is 333 g/mol. The number of benzene rings is 2. The van der Waals surface area contributed by atoms with Crippen molar-refractivity contribution >= 4 is 9.84 Å². The van der Waals surface area contributed by atoms with E-state index in [0.717, 1.165) is 6.26 Å². The molecule has 8 heteroatoms. The molecule has 0 aliphatic heterocycles. The van der Waals surface area contributed by atoms with Crippen molar-refractivity contribution in [3.05, 3.63) is 54.1 Å². The fraction of sp³-hybridized carbons (Fsp3) is 0.200. The van der Waals surface area contributed by atoms with Crippen molar-refractivity contribution in [1.29, 1.82) is 0 Å². The quantitative estimate of drug-likeness (QED) is 0.831. The minimum absolute atomic E-state index is 0.129. The maximum absolute atomic E-state index is 12.0. The summed E-state index contributed by atoms with van der Waals surface area (Å²) in [5.74, 6) is 0.145. The molecule has 0 radical (unpaired) electrons. The Morgan fingerprint density at radius 2 is 1.43 bits per heavy atom. The van der Waals surface area contributed by atoms with Gasteiger partial charge in [-0.3, -0.25) is 0 Å². The summed E-state index contributed by atoms with van der Waals surface area (Å²) in [5.41, 5.74) is 0.645. The number of rotatable bonds is 5. The lowest BCUT2D eigenvalue weighted by Crippen LogP contribution is -2.17. The molecule has 2 aromatic carbocycles. The molecule has 2 rings (SSSR count). The normalized spacial score (nSPS) is 12.0. The van der Waals surface area contributed by atoms with Gasteiger partial charge in [0.1, 0.15) is 18.1 Å². The van der Waals surface area contributed by atoms with Gasteiger partial charge in [0.25, 0.3) is 0 Å². The Hall–Kier alpha value is -2.22. The molecule has 4 nitrogen and oxygen atoms in total. The number of alkyl halides is 3. The molecule has 0 aliphatic carbocycles. The van der Waals surface area contributed by atoms with Crippen LogP contribution in [0.25, 0.3) is 0 Å². The zero-order valence-corrected chi connectivity index (χ0v) is 12.8. The summed E-state index contributed by atoms with van der Waals surface area (Å²) in [4.78, 5) is 0.179. The van der Waals surface area contributed by atoms with Gasteiger partial charge in [0, 0.05) is 6.26 Å². The van der Waals surface area contributed by atoms with Gasteiger partial charge in [0.2, 0.25) is 0 Å². The van der Waals surface area contributed by atoms with Gasteiger partial charge in [-0.05, 0) is 42.0 Å². The number of ether oxygens (including phenoxy) is 2.